The van der Waals surface area contributed by atoms with E-state index in [0.29, 0.717) is 5.89 Å². The number of aryl methyl sites for hydroxylation is 1. The van der Waals surface area contributed by atoms with Crippen molar-refractivity contribution in [1.82, 2.24) is 4.98 Å². The van der Waals surface area contributed by atoms with E-state index in [1.54, 1.807) is 0 Å². The molecular weight excluding hydrogens is 777 g/mol. The van der Waals surface area contributed by atoms with Crippen molar-refractivity contribution in [3.63, 3.8) is 0 Å². The van der Waals surface area contributed by atoms with Crippen LogP contribution in [0.1, 0.15) is 39.8 Å². The van der Waals surface area contributed by atoms with Gasteiger partial charge in [0.05, 0.1) is 16.7 Å². The second-order valence-electron chi connectivity index (χ2n) is 16.8. The Kier molecular flexibility index (Phi) is 9.26. The van der Waals surface area contributed by atoms with Crippen molar-refractivity contribution in [1.29, 1.82) is 0 Å². The third kappa shape index (κ3) is 6.07. The lowest BCUT2D eigenvalue weighted by Gasteiger charge is -2.35. The molecule has 2 aliphatic rings. The fourth-order valence-electron chi connectivity index (χ4n) is 10.6. The zero-order chi connectivity index (χ0) is 42.5. The number of benzene rings is 9. The minimum atomic E-state index is -0.507. The first kappa shape index (κ1) is 37.7. The lowest BCUT2D eigenvalue weighted by Crippen LogP contribution is -2.28. The Balaban J connectivity index is 1.18. The van der Waals surface area contributed by atoms with Crippen molar-refractivity contribution in [2.45, 2.75) is 24.7 Å². The molecule has 3 nitrogen and oxygen atoms in total. The van der Waals surface area contributed by atoms with Gasteiger partial charge in [-0.3, -0.25) is 0 Å². The summed E-state index contributed by atoms with van der Waals surface area (Å²) in [5.41, 5.74) is 17.8. The summed E-state index contributed by atoms with van der Waals surface area (Å²) < 4.78 is 6.85. The first-order chi connectivity index (χ1) is 31.8. The maximum atomic E-state index is 6.85. The number of oxazole rings is 1. The molecule has 0 fully saturated rings. The summed E-state index contributed by atoms with van der Waals surface area (Å²) in [7, 11) is 0. The highest BCUT2D eigenvalue weighted by molar-refractivity contribution is 6.08. The van der Waals surface area contributed by atoms with Gasteiger partial charge in [-0.2, -0.15) is 0 Å². The topological polar surface area (TPSA) is 29.3 Å². The van der Waals surface area contributed by atoms with Crippen LogP contribution in [0.25, 0.3) is 55.6 Å². The summed E-state index contributed by atoms with van der Waals surface area (Å²) in [6.45, 7) is 0. The quantitative estimate of drug-likeness (QED) is 0.160. The maximum Gasteiger partial charge on any atom is 0.230 e. The number of nitrogens with zero attached hydrogens (tertiary/aromatic N) is 2. The second kappa shape index (κ2) is 15.7. The number of hydrogen-bond acceptors (Lipinski definition) is 3. The molecule has 3 heteroatoms. The summed E-state index contributed by atoms with van der Waals surface area (Å²) in [6, 6.07) is 75.0. The zero-order valence-electron chi connectivity index (χ0n) is 35.4. The van der Waals surface area contributed by atoms with Crippen LogP contribution in [0.5, 0.6) is 0 Å². The molecule has 10 aromatic rings. The van der Waals surface area contributed by atoms with Gasteiger partial charge >= 0.3 is 0 Å². The first-order valence-corrected chi connectivity index (χ1v) is 22.3. The number of anilines is 3. The molecular formula is C61H44N2O. The molecule has 304 valence electrons. The largest absolute Gasteiger partial charge is 0.436 e. The number of rotatable bonds is 7. The summed E-state index contributed by atoms with van der Waals surface area (Å²) >= 11 is 0. The molecule has 9 aromatic carbocycles. The molecule has 12 rings (SSSR count). The monoisotopic (exact) mass is 820 g/mol. The van der Waals surface area contributed by atoms with Gasteiger partial charge < -0.3 is 9.32 Å². The Morgan fingerprint density at radius 2 is 1.09 bits per heavy atom. The van der Waals surface area contributed by atoms with Gasteiger partial charge in [-0.15, -0.1) is 0 Å². The van der Waals surface area contributed by atoms with Crippen LogP contribution in [0.15, 0.2) is 235 Å². The normalized spacial score (nSPS) is 13.8. The molecule has 0 saturated carbocycles. The lowest BCUT2D eigenvalue weighted by atomic mass is 9.68. The van der Waals surface area contributed by atoms with Gasteiger partial charge in [0.1, 0.15) is 5.52 Å². The van der Waals surface area contributed by atoms with Crippen LogP contribution in [0.3, 0.4) is 0 Å². The van der Waals surface area contributed by atoms with E-state index >= 15 is 0 Å². The molecule has 0 N–H and O–H groups in total. The van der Waals surface area contributed by atoms with Crippen LogP contribution in [0, 0.1) is 0 Å². The van der Waals surface area contributed by atoms with Crippen molar-refractivity contribution in [3.05, 3.63) is 264 Å². The van der Waals surface area contributed by atoms with Gasteiger partial charge in [0.2, 0.25) is 5.89 Å². The molecule has 0 unspecified atom stereocenters. The number of allylic oxidation sites excluding steroid dienone is 4. The first-order valence-electron chi connectivity index (χ1n) is 22.3. The van der Waals surface area contributed by atoms with Crippen molar-refractivity contribution < 1.29 is 4.42 Å². The molecule has 1 aromatic heterocycles. The zero-order valence-corrected chi connectivity index (χ0v) is 35.4. The average Bonchev–Trinajstić information content (AvgIpc) is 3.96. The predicted molar refractivity (Wildman–Crippen MR) is 265 cm³/mol. The third-order valence-corrected chi connectivity index (χ3v) is 13.3. The van der Waals surface area contributed by atoms with Crippen molar-refractivity contribution in [2.24, 2.45) is 0 Å². The lowest BCUT2D eigenvalue weighted by molar-refractivity contribution is 0.620. The molecule has 0 saturated heterocycles. The van der Waals surface area contributed by atoms with Gasteiger partial charge in [0.25, 0.3) is 0 Å². The van der Waals surface area contributed by atoms with E-state index in [9.17, 15) is 0 Å². The van der Waals surface area contributed by atoms with Crippen LogP contribution in [-0.4, -0.2) is 4.98 Å². The highest BCUT2D eigenvalue weighted by atomic mass is 16.3. The predicted octanol–water partition coefficient (Wildman–Crippen LogP) is 15.7. The highest BCUT2D eigenvalue weighted by Gasteiger charge is 2.46. The molecule has 0 bridgehead atoms. The van der Waals surface area contributed by atoms with Crippen molar-refractivity contribution in [3.8, 4) is 33.7 Å². The number of hydrogen-bond donors (Lipinski definition) is 0. The van der Waals surface area contributed by atoms with Gasteiger partial charge in [-0.1, -0.05) is 194 Å². The highest BCUT2D eigenvalue weighted by Crippen LogP contribution is 2.58. The molecule has 2 aliphatic carbocycles. The van der Waals surface area contributed by atoms with Crippen LogP contribution < -0.4 is 4.90 Å². The van der Waals surface area contributed by atoms with E-state index in [-0.39, 0.29) is 0 Å². The summed E-state index contributed by atoms with van der Waals surface area (Å²) in [6.07, 6.45) is 11.6. The summed E-state index contributed by atoms with van der Waals surface area (Å²) in [5, 5.41) is 2.36. The SMILES string of the molecule is C1=CCCc2c(c(N(c3ccc(-c4ccccc4)cc3)c3ccc4c(c3)-c3ccccc3C4(c3ccccc3)c3ccccc3)c(-c3nc4ccccc4o3)c3ccccc23)CC=C1. The minimum Gasteiger partial charge on any atom is -0.436 e. The van der Waals surface area contributed by atoms with Crippen LogP contribution in [-0.2, 0) is 18.3 Å². The van der Waals surface area contributed by atoms with Crippen molar-refractivity contribution >= 4 is 38.9 Å². The number of fused-ring (bicyclic) bond motifs is 7. The smallest absolute Gasteiger partial charge is 0.230 e. The number of para-hydroxylation sites is 2. The van der Waals surface area contributed by atoms with E-state index in [0.717, 1.165) is 58.4 Å². The molecule has 0 radical (unpaired) electrons. The minimum absolute atomic E-state index is 0.507. The molecule has 0 amide bonds. The average molecular weight is 821 g/mol. The van der Waals surface area contributed by atoms with E-state index in [1.807, 2.05) is 24.3 Å². The van der Waals surface area contributed by atoms with Gasteiger partial charge in [-0.25, -0.2) is 4.98 Å². The van der Waals surface area contributed by atoms with Crippen LogP contribution >= 0.6 is 0 Å². The second-order valence-corrected chi connectivity index (χ2v) is 16.8. The van der Waals surface area contributed by atoms with E-state index in [1.165, 1.54) is 61.0 Å². The summed E-state index contributed by atoms with van der Waals surface area (Å²) in [4.78, 5) is 7.77. The van der Waals surface area contributed by atoms with E-state index in [2.05, 4.69) is 211 Å². The van der Waals surface area contributed by atoms with Gasteiger partial charge in [0.15, 0.2) is 5.58 Å². The van der Waals surface area contributed by atoms with Gasteiger partial charge in [-0.05, 0) is 122 Å². The number of aromatic nitrogens is 1. The Morgan fingerprint density at radius 1 is 0.484 bits per heavy atom. The Labute approximate surface area is 373 Å². The fourth-order valence-corrected chi connectivity index (χ4v) is 10.6. The van der Waals surface area contributed by atoms with E-state index < -0.39 is 5.41 Å². The Bertz CT molecular complexity index is 3330. The van der Waals surface area contributed by atoms with Crippen LogP contribution in [0.4, 0.5) is 17.1 Å². The molecule has 1 heterocycles. The van der Waals surface area contributed by atoms with Crippen molar-refractivity contribution in [2.75, 3.05) is 4.90 Å². The Hall–Kier alpha value is -8.01. The summed E-state index contributed by atoms with van der Waals surface area (Å²) in [5.74, 6) is 0.613. The maximum absolute atomic E-state index is 6.85. The molecule has 0 atom stereocenters. The molecule has 0 aliphatic heterocycles. The third-order valence-electron chi connectivity index (χ3n) is 13.3. The Morgan fingerprint density at radius 3 is 1.86 bits per heavy atom. The fraction of sp³-hybridized carbons (Fsp3) is 0.0656. The molecule has 64 heavy (non-hydrogen) atoms. The van der Waals surface area contributed by atoms with Crippen LogP contribution in [0.2, 0.25) is 0 Å². The standard InChI is InChI=1S/C61H44N2O/c1-2-13-27-49-48-28-15-16-30-51(48)58(60-62-56-33-19-20-34-57(56)64-60)59(52(49)31-14-3-1)63(46-37-35-43(36-38-46)42-21-7-4-8-22-42)47-39-40-55-53(41-47)50-29-17-18-32-54(50)61(55,44-23-9-5-10-24-44)45-25-11-6-12-26-45/h1-12,14-26,28-30,32-41H,13,27,31H2. The molecule has 0 spiro atoms. The van der Waals surface area contributed by atoms with Gasteiger partial charge in [0, 0.05) is 11.4 Å². The van der Waals surface area contributed by atoms with E-state index in [4.69, 9.17) is 9.40 Å².